The van der Waals surface area contributed by atoms with Gasteiger partial charge in [-0.15, -0.1) is 0 Å². The molecule has 0 heterocycles. The predicted octanol–water partition coefficient (Wildman–Crippen LogP) is 4.57. The van der Waals surface area contributed by atoms with E-state index in [0.29, 0.717) is 11.5 Å². The van der Waals surface area contributed by atoms with Crippen molar-refractivity contribution in [2.24, 2.45) is 0 Å². The average molecular weight is 261 g/mol. The van der Waals surface area contributed by atoms with Gasteiger partial charge in [0.05, 0.1) is 0 Å². The molecule has 18 heavy (non-hydrogen) atoms. The van der Waals surface area contributed by atoms with Gasteiger partial charge in [-0.05, 0) is 38.1 Å². The first-order valence-corrected chi connectivity index (χ1v) is 7.03. The first-order valence-electron chi connectivity index (χ1n) is 5.71. The zero-order valence-electron chi connectivity index (χ0n) is 10.4. The molecule has 0 aliphatic heterocycles. The van der Waals surface area contributed by atoms with Crippen LogP contribution < -0.4 is 9.05 Å². The summed E-state index contributed by atoms with van der Waals surface area (Å²) in [4.78, 5) is 0. The smallest absolute Gasteiger partial charge is 0.299 e. The van der Waals surface area contributed by atoms with Crippen LogP contribution in [0.5, 0.6) is 11.5 Å². The molecular formula is C14H16NO2P. The number of nitrogens with one attached hydrogen (secondary N) is 1. The fraction of sp³-hybridized carbons (Fsp3) is 0.143. The van der Waals surface area contributed by atoms with E-state index in [9.17, 15) is 0 Å². The minimum absolute atomic E-state index is 0.677. The highest BCUT2D eigenvalue weighted by molar-refractivity contribution is 7.35. The quantitative estimate of drug-likeness (QED) is 0.819. The fourth-order valence-corrected chi connectivity index (χ4v) is 2.19. The van der Waals surface area contributed by atoms with E-state index in [1.54, 1.807) is 0 Å². The van der Waals surface area contributed by atoms with E-state index in [1.165, 1.54) is 11.1 Å². The molecule has 0 spiro atoms. The van der Waals surface area contributed by atoms with E-state index >= 15 is 0 Å². The van der Waals surface area contributed by atoms with Crippen LogP contribution in [0.3, 0.4) is 0 Å². The number of hydrogen-bond acceptors (Lipinski definition) is 3. The zero-order valence-corrected chi connectivity index (χ0v) is 11.4. The van der Waals surface area contributed by atoms with Crippen LogP contribution >= 0.6 is 8.17 Å². The van der Waals surface area contributed by atoms with Gasteiger partial charge < -0.3 is 9.05 Å². The summed E-state index contributed by atoms with van der Waals surface area (Å²) in [5.74, 6) is 1.35. The molecule has 2 rings (SSSR count). The third-order valence-electron chi connectivity index (χ3n) is 2.46. The van der Waals surface area contributed by atoms with Crippen LogP contribution in [0.25, 0.3) is 0 Å². The Morgan fingerprint density at radius 1 is 0.722 bits per heavy atom. The summed E-state index contributed by atoms with van der Waals surface area (Å²) >= 11 is 0. The van der Waals surface area contributed by atoms with E-state index in [1.807, 2.05) is 62.4 Å². The first-order chi connectivity index (χ1) is 8.63. The van der Waals surface area contributed by atoms with Crippen molar-refractivity contribution in [1.29, 1.82) is 5.16 Å². The largest absolute Gasteiger partial charge is 0.432 e. The molecule has 0 aliphatic carbocycles. The summed E-state index contributed by atoms with van der Waals surface area (Å²) in [6.45, 7) is 4.03. The molecule has 2 aromatic rings. The highest BCUT2D eigenvalue weighted by Gasteiger charge is 2.00. The number of rotatable bonds is 4. The molecule has 0 unspecified atom stereocenters. The van der Waals surface area contributed by atoms with Gasteiger partial charge in [-0.25, -0.2) is 0 Å². The van der Waals surface area contributed by atoms with Gasteiger partial charge in [0.15, 0.2) is 0 Å². The van der Waals surface area contributed by atoms with Crippen LogP contribution in [0.15, 0.2) is 48.5 Å². The molecule has 1 N–H and O–H groups in total. The molecule has 0 amide bonds. The van der Waals surface area contributed by atoms with Gasteiger partial charge in [0.1, 0.15) is 11.5 Å². The standard InChI is InChI=1S/C14H16NO2P/c1-11-3-7-13(8-4-11)16-18(15)17-14-9-5-12(2)6-10-14/h3-10,15,18H,1-2H3. The second kappa shape index (κ2) is 5.74. The topological polar surface area (TPSA) is 42.3 Å². The summed E-state index contributed by atoms with van der Waals surface area (Å²) in [7, 11) is -2.07. The van der Waals surface area contributed by atoms with Crippen molar-refractivity contribution >= 4 is 8.17 Å². The maximum atomic E-state index is 7.81. The summed E-state index contributed by atoms with van der Waals surface area (Å²) in [6.07, 6.45) is 0. The Kier molecular flexibility index (Phi) is 4.06. The Morgan fingerprint density at radius 3 is 1.39 bits per heavy atom. The molecule has 0 atom stereocenters. The third-order valence-corrected chi connectivity index (χ3v) is 3.31. The number of benzene rings is 2. The van der Waals surface area contributed by atoms with Gasteiger partial charge in [-0.3, -0.25) is 5.16 Å². The molecule has 3 nitrogen and oxygen atoms in total. The second-order valence-electron chi connectivity index (χ2n) is 4.12. The van der Waals surface area contributed by atoms with Crippen LogP contribution in [-0.4, -0.2) is 0 Å². The molecule has 0 fully saturated rings. The lowest BCUT2D eigenvalue weighted by Crippen LogP contribution is -1.88. The molecule has 0 bridgehead atoms. The number of aryl methyl sites for hydroxylation is 2. The predicted molar refractivity (Wildman–Crippen MR) is 74.6 cm³/mol. The van der Waals surface area contributed by atoms with E-state index in [2.05, 4.69) is 0 Å². The Labute approximate surface area is 108 Å². The van der Waals surface area contributed by atoms with Crippen molar-refractivity contribution in [3.8, 4) is 11.5 Å². The van der Waals surface area contributed by atoms with Crippen molar-refractivity contribution in [2.45, 2.75) is 13.8 Å². The van der Waals surface area contributed by atoms with Crippen molar-refractivity contribution < 1.29 is 9.05 Å². The zero-order chi connectivity index (χ0) is 13.0. The van der Waals surface area contributed by atoms with E-state index in [-0.39, 0.29) is 0 Å². The Bertz CT molecular complexity index is 485. The van der Waals surface area contributed by atoms with E-state index < -0.39 is 8.17 Å². The van der Waals surface area contributed by atoms with Gasteiger partial charge in [0.2, 0.25) is 0 Å². The van der Waals surface area contributed by atoms with Crippen LogP contribution in [0.1, 0.15) is 11.1 Å². The molecule has 94 valence electrons. The second-order valence-corrected chi connectivity index (χ2v) is 5.10. The third kappa shape index (κ3) is 3.64. The van der Waals surface area contributed by atoms with Crippen molar-refractivity contribution in [2.75, 3.05) is 0 Å². The maximum absolute atomic E-state index is 7.81. The van der Waals surface area contributed by atoms with Gasteiger partial charge in [-0.1, -0.05) is 35.4 Å². The van der Waals surface area contributed by atoms with Crippen molar-refractivity contribution in [3.05, 3.63) is 59.7 Å². The monoisotopic (exact) mass is 261 g/mol. The Morgan fingerprint density at radius 2 is 1.06 bits per heavy atom. The average Bonchev–Trinajstić information content (AvgIpc) is 2.35. The molecule has 0 aromatic heterocycles. The van der Waals surface area contributed by atoms with Crippen LogP contribution in [0, 0.1) is 19.0 Å². The van der Waals surface area contributed by atoms with Crippen LogP contribution in [0.4, 0.5) is 0 Å². The van der Waals surface area contributed by atoms with Gasteiger partial charge >= 0.3 is 0 Å². The fourth-order valence-electron chi connectivity index (χ4n) is 1.45. The minimum Gasteiger partial charge on any atom is -0.432 e. The molecule has 0 aliphatic rings. The van der Waals surface area contributed by atoms with Crippen molar-refractivity contribution in [1.82, 2.24) is 0 Å². The van der Waals surface area contributed by atoms with Crippen LogP contribution in [0.2, 0.25) is 0 Å². The lowest BCUT2D eigenvalue weighted by Gasteiger charge is -2.10. The minimum atomic E-state index is -2.07. The lowest BCUT2D eigenvalue weighted by molar-refractivity contribution is 0.499. The molecule has 2 aromatic carbocycles. The molecule has 4 heteroatoms. The highest BCUT2D eigenvalue weighted by Crippen LogP contribution is 2.31. The van der Waals surface area contributed by atoms with Crippen LogP contribution in [-0.2, 0) is 0 Å². The summed E-state index contributed by atoms with van der Waals surface area (Å²) in [5, 5.41) is 7.81. The summed E-state index contributed by atoms with van der Waals surface area (Å²) in [5.41, 5.74) is 2.33. The van der Waals surface area contributed by atoms with Gasteiger partial charge in [0, 0.05) is 0 Å². The SMILES string of the molecule is Cc1ccc(O[PH](=N)Oc2ccc(C)cc2)cc1. The van der Waals surface area contributed by atoms with E-state index in [4.69, 9.17) is 14.2 Å². The molecular weight excluding hydrogens is 245 g/mol. The Balaban J connectivity index is 1.96. The molecule has 0 saturated heterocycles. The summed E-state index contributed by atoms with van der Waals surface area (Å²) in [6, 6.07) is 15.2. The summed E-state index contributed by atoms with van der Waals surface area (Å²) < 4.78 is 10.9. The maximum Gasteiger partial charge on any atom is 0.299 e. The molecule has 0 saturated carbocycles. The van der Waals surface area contributed by atoms with E-state index in [0.717, 1.165) is 0 Å². The highest BCUT2D eigenvalue weighted by atomic mass is 31.1. The molecule has 0 radical (unpaired) electrons. The first kappa shape index (κ1) is 12.7. The number of hydrogen-bond donors (Lipinski definition) is 1. The van der Waals surface area contributed by atoms with Gasteiger partial charge in [0.25, 0.3) is 8.17 Å². The Hall–Kier alpha value is -1.73. The normalized spacial score (nSPS) is 10.4. The van der Waals surface area contributed by atoms with Gasteiger partial charge in [-0.2, -0.15) is 0 Å². The van der Waals surface area contributed by atoms with Crippen molar-refractivity contribution in [3.63, 3.8) is 0 Å². The lowest BCUT2D eigenvalue weighted by atomic mass is 10.2.